The smallest absolute Gasteiger partial charge is 0.248 e. The molecular formula is C18H20Cl2N2O3S. The minimum atomic E-state index is -3.75. The molecule has 26 heavy (non-hydrogen) atoms. The highest BCUT2D eigenvalue weighted by Crippen LogP contribution is 2.29. The summed E-state index contributed by atoms with van der Waals surface area (Å²) in [5.41, 5.74) is 2.81. The molecule has 1 N–H and O–H groups in total. The van der Waals surface area contributed by atoms with Gasteiger partial charge < -0.3 is 5.32 Å². The lowest BCUT2D eigenvalue weighted by Gasteiger charge is -2.28. The quantitative estimate of drug-likeness (QED) is 0.787. The molecule has 0 fully saturated rings. The van der Waals surface area contributed by atoms with Crippen molar-refractivity contribution < 1.29 is 13.2 Å². The number of amides is 1. The van der Waals surface area contributed by atoms with Crippen LogP contribution in [-0.4, -0.2) is 26.6 Å². The van der Waals surface area contributed by atoms with Gasteiger partial charge in [-0.15, -0.1) is 0 Å². The van der Waals surface area contributed by atoms with Crippen molar-refractivity contribution in [2.24, 2.45) is 0 Å². The lowest BCUT2D eigenvalue weighted by Crippen LogP contribution is -2.45. The van der Waals surface area contributed by atoms with Crippen molar-refractivity contribution >= 4 is 50.5 Å². The van der Waals surface area contributed by atoms with E-state index in [1.807, 2.05) is 26.0 Å². The summed E-state index contributed by atoms with van der Waals surface area (Å²) >= 11 is 12.0. The topological polar surface area (TPSA) is 66.5 Å². The van der Waals surface area contributed by atoms with Crippen LogP contribution in [0.3, 0.4) is 0 Å². The second kappa shape index (κ2) is 7.86. The maximum atomic E-state index is 12.7. The molecule has 5 nitrogen and oxygen atoms in total. The molecule has 140 valence electrons. The van der Waals surface area contributed by atoms with E-state index in [1.165, 1.54) is 25.1 Å². The summed E-state index contributed by atoms with van der Waals surface area (Å²) in [5.74, 6) is -0.458. The Morgan fingerprint density at radius 2 is 1.69 bits per heavy atom. The second-order valence-electron chi connectivity index (χ2n) is 6.10. The first-order chi connectivity index (χ1) is 12.0. The Bertz CT molecular complexity index is 925. The summed E-state index contributed by atoms with van der Waals surface area (Å²) in [6, 6.07) is 8.94. The van der Waals surface area contributed by atoms with Gasteiger partial charge in [-0.05, 0) is 56.2 Å². The number of anilines is 2. The molecule has 0 radical (unpaired) electrons. The molecule has 2 rings (SSSR count). The van der Waals surface area contributed by atoms with Crippen molar-refractivity contribution in [2.45, 2.75) is 26.8 Å². The summed E-state index contributed by atoms with van der Waals surface area (Å²) in [7, 11) is -3.75. The van der Waals surface area contributed by atoms with E-state index >= 15 is 0 Å². The summed E-state index contributed by atoms with van der Waals surface area (Å²) in [6.07, 6.45) is 1.03. The molecule has 2 aromatic rings. The van der Waals surface area contributed by atoms with Crippen molar-refractivity contribution in [1.82, 2.24) is 0 Å². The van der Waals surface area contributed by atoms with Crippen LogP contribution < -0.4 is 9.62 Å². The van der Waals surface area contributed by atoms with Crippen LogP contribution in [0.4, 0.5) is 11.4 Å². The highest BCUT2D eigenvalue weighted by molar-refractivity contribution is 7.92. The number of halogens is 2. The second-order valence-corrected chi connectivity index (χ2v) is 8.83. The first kappa shape index (κ1) is 20.6. The number of carbonyl (C=O) groups excluding carboxylic acids is 1. The van der Waals surface area contributed by atoms with Gasteiger partial charge in [0.15, 0.2) is 0 Å². The molecule has 0 aromatic heterocycles. The van der Waals surface area contributed by atoms with Crippen LogP contribution in [0.25, 0.3) is 0 Å². The molecule has 0 bridgehead atoms. The monoisotopic (exact) mass is 414 g/mol. The van der Waals surface area contributed by atoms with E-state index in [0.717, 1.165) is 21.7 Å². The van der Waals surface area contributed by atoms with E-state index in [1.54, 1.807) is 6.07 Å². The van der Waals surface area contributed by atoms with Gasteiger partial charge in [0.05, 0.1) is 11.9 Å². The highest BCUT2D eigenvalue weighted by atomic mass is 35.5. The SMILES string of the molecule is Cc1cccc(NC(=O)C(C)N(c2cc(Cl)cc(Cl)c2)S(C)(=O)=O)c1C. The van der Waals surface area contributed by atoms with Gasteiger partial charge in [0.1, 0.15) is 6.04 Å². The zero-order valence-corrected chi connectivity index (χ0v) is 17.2. The molecule has 1 amide bonds. The van der Waals surface area contributed by atoms with Gasteiger partial charge in [0, 0.05) is 15.7 Å². The Morgan fingerprint density at radius 3 is 2.23 bits per heavy atom. The average molecular weight is 415 g/mol. The van der Waals surface area contributed by atoms with Crippen LogP contribution in [0.5, 0.6) is 0 Å². The van der Waals surface area contributed by atoms with E-state index in [-0.39, 0.29) is 15.7 Å². The number of nitrogens with zero attached hydrogens (tertiary/aromatic N) is 1. The van der Waals surface area contributed by atoms with Gasteiger partial charge in [-0.2, -0.15) is 0 Å². The molecule has 0 saturated carbocycles. The van der Waals surface area contributed by atoms with Gasteiger partial charge >= 0.3 is 0 Å². The summed E-state index contributed by atoms with van der Waals surface area (Å²) in [5, 5.41) is 3.35. The lowest BCUT2D eigenvalue weighted by atomic mass is 10.1. The van der Waals surface area contributed by atoms with Gasteiger partial charge in [0.25, 0.3) is 0 Å². The summed E-state index contributed by atoms with van der Waals surface area (Å²) in [4.78, 5) is 12.7. The average Bonchev–Trinajstić information content (AvgIpc) is 2.49. The van der Waals surface area contributed by atoms with Gasteiger partial charge in [0.2, 0.25) is 15.9 Å². The van der Waals surface area contributed by atoms with E-state index < -0.39 is 22.0 Å². The van der Waals surface area contributed by atoms with Crippen LogP contribution in [0.2, 0.25) is 10.0 Å². The van der Waals surface area contributed by atoms with Crippen LogP contribution in [0, 0.1) is 13.8 Å². The van der Waals surface area contributed by atoms with Crippen molar-refractivity contribution in [2.75, 3.05) is 15.9 Å². The standard InChI is InChI=1S/C18H20Cl2N2O3S/c1-11-6-5-7-17(12(11)2)21-18(23)13(3)22(26(4,24)25)16-9-14(19)8-15(20)10-16/h5-10,13H,1-4H3,(H,21,23). The molecule has 0 aliphatic carbocycles. The maximum absolute atomic E-state index is 12.7. The fraction of sp³-hybridized carbons (Fsp3) is 0.278. The van der Waals surface area contributed by atoms with E-state index in [4.69, 9.17) is 23.2 Å². The minimum absolute atomic E-state index is 0.230. The van der Waals surface area contributed by atoms with E-state index in [2.05, 4.69) is 5.32 Å². The first-order valence-corrected chi connectivity index (χ1v) is 10.4. The number of carbonyl (C=O) groups is 1. The van der Waals surface area contributed by atoms with E-state index in [9.17, 15) is 13.2 Å². The number of benzene rings is 2. The van der Waals surface area contributed by atoms with Crippen LogP contribution in [0.1, 0.15) is 18.1 Å². The van der Waals surface area contributed by atoms with Crippen molar-refractivity contribution in [3.05, 3.63) is 57.6 Å². The molecule has 0 aliphatic rings. The Kier molecular flexibility index (Phi) is 6.21. The number of aryl methyl sites for hydroxylation is 1. The molecule has 0 saturated heterocycles. The van der Waals surface area contributed by atoms with Crippen LogP contribution in [0.15, 0.2) is 36.4 Å². The zero-order valence-electron chi connectivity index (χ0n) is 14.9. The van der Waals surface area contributed by atoms with Gasteiger partial charge in [-0.1, -0.05) is 35.3 Å². The molecule has 1 atom stereocenters. The van der Waals surface area contributed by atoms with Gasteiger partial charge in [-0.3, -0.25) is 9.10 Å². The molecule has 0 aliphatic heterocycles. The normalized spacial score (nSPS) is 12.5. The fourth-order valence-corrected chi connectivity index (χ4v) is 4.27. The largest absolute Gasteiger partial charge is 0.324 e. The Morgan fingerprint density at radius 1 is 1.12 bits per heavy atom. The summed E-state index contributed by atoms with van der Waals surface area (Å²) < 4.78 is 25.7. The first-order valence-electron chi connectivity index (χ1n) is 7.83. The van der Waals surface area contributed by atoms with Crippen molar-refractivity contribution in [1.29, 1.82) is 0 Å². The molecule has 0 spiro atoms. The Hall–Kier alpha value is -1.76. The Labute approximate surface area is 164 Å². The number of sulfonamides is 1. The zero-order chi connectivity index (χ0) is 19.6. The van der Waals surface area contributed by atoms with Crippen LogP contribution >= 0.6 is 23.2 Å². The molecule has 0 heterocycles. The maximum Gasteiger partial charge on any atom is 0.248 e. The third kappa shape index (κ3) is 4.69. The predicted molar refractivity (Wildman–Crippen MR) is 108 cm³/mol. The highest BCUT2D eigenvalue weighted by Gasteiger charge is 2.30. The van der Waals surface area contributed by atoms with Crippen molar-refractivity contribution in [3.8, 4) is 0 Å². The van der Waals surface area contributed by atoms with E-state index in [0.29, 0.717) is 5.69 Å². The fourth-order valence-electron chi connectivity index (χ4n) is 2.60. The number of rotatable bonds is 5. The van der Waals surface area contributed by atoms with Crippen molar-refractivity contribution in [3.63, 3.8) is 0 Å². The number of hydrogen-bond donors (Lipinski definition) is 1. The third-order valence-electron chi connectivity index (χ3n) is 4.05. The number of nitrogens with one attached hydrogen (secondary N) is 1. The predicted octanol–water partition coefficient (Wildman–Crippen LogP) is 4.40. The third-order valence-corrected chi connectivity index (χ3v) is 5.73. The number of hydrogen-bond acceptors (Lipinski definition) is 3. The molecule has 8 heteroatoms. The van der Waals surface area contributed by atoms with Gasteiger partial charge in [-0.25, -0.2) is 8.42 Å². The molecule has 1 unspecified atom stereocenters. The molecular weight excluding hydrogens is 395 g/mol. The Balaban J connectivity index is 2.39. The minimum Gasteiger partial charge on any atom is -0.324 e. The summed E-state index contributed by atoms with van der Waals surface area (Å²) in [6.45, 7) is 5.34. The molecule has 2 aromatic carbocycles. The lowest BCUT2D eigenvalue weighted by molar-refractivity contribution is -0.116. The van der Waals surface area contributed by atoms with Crippen LogP contribution in [-0.2, 0) is 14.8 Å².